The Morgan fingerprint density at radius 3 is 2.70 bits per heavy atom. The maximum absolute atomic E-state index is 10.0. The maximum Gasteiger partial charge on any atom is 0.327 e. The molecule has 2 nitrogen and oxygen atoms in total. The zero-order chi connectivity index (χ0) is 7.61. The van der Waals surface area contributed by atoms with Crippen LogP contribution in [-0.4, -0.2) is 11.1 Å². The lowest BCUT2D eigenvalue weighted by Gasteiger charge is -1.99. The van der Waals surface area contributed by atoms with Crippen LogP contribution in [0.3, 0.4) is 0 Å². The molecular formula is C8H12O2. The number of carboxylic acids is 1. The second-order valence-corrected chi connectivity index (χ2v) is 3.26. The summed E-state index contributed by atoms with van der Waals surface area (Å²) < 4.78 is 0. The lowest BCUT2D eigenvalue weighted by Crippen LogP contribution is -1.91. The molecule has 0 bridgehead atoms. The predicted molar refractivity (Wildman–Crippen MR) is 38.7 cm³/mol. The van der Waals surface area contributed by atoms with Crippen LogP contribution in [0, 0.1) is 5.41 Å². The second-order valence-electron chi connectivity index (χ2n) is 3.26. The predicted octanol–water partition coefficient (Wildman–Crippen LogP) is 1.82. The first kappa shape index (κ1) is 7.32. The molecule has 0 aromatic heterocycles. The molecule has 0 aliphatic heterocycles. The fourth-order valence-corrected chi connectivity index (χ4v) is 0.862. The van der Waals surface area contributed by atoms with E-state index in [1.807, 2.05) is 0 Å². The highest BCUT2D eigenvalue weighted by Gasteiger charge is 2.35. The largest absolute Gasteiger partial charge is 0.478 e. The van der Waals surface area contributed by atoms with Gasteiger partial charge in [-0.05, 0) is 24.7 Å². The van der Waals surface area contributed by atoms with Gasteiger partial charge >= 0.3 is 5.97 Å². The first-order chi connectivity index (χ1) is 4.62. The van der Waals surface area contributed by atoms with E-state index in [1.165, 1.54) is 18.9 Å². The standard InChI is InChI=1S/C8H12O2/c1-8(5-6-8)4-2-3-7(9)10/h2-3H,4-6H2,1H3,(H,9,10). The van der Waals surface area contributed by atoms with E-state index in [9.17, 15) is 4.79 Å². The molecule has 0 amide bonds. The van der Waals surface area contributed by atoms with Crippen LogP contribution in [0.2, 0.25) is 0 Å². The average molecular weight is 140 g/mol. The molecule has 0 spiro atoms. The number of rotatable bonds is 3. The van der Waals surface area contributed by atoms with Gasteiger partial charge < -0.3 is 5.11 Å². The maximum atomic E-state index is 10.0. The summed E-state index contributed by atoms with van der Waals surface area (Å²) in [6, 6.07) is 0. The zero-order valence-corrected chi connectivity index (χ0v) is 6.13. The molecule has 1 fully saturated rings. The van der Waals surface area contributed by atoms with E-state index in [4.69, 9.17) is 5.11 Å². The van der Waals surface area contributed by atoms with Crippen molar-refractivity contribution < 1.29 is 9.90 Å². The lowest BCUT2D eigenvalue weighted by atomic mass is 10.1. The SMILES string of the molecule is CC1(CC=CC(=O)O)CC1. The van der Waals surface area contributed by atoms with Gasteiger partial charge in [0.05, 0.1) is 0 Å². The highest BCUT2D eigenvalue weighted by Crippen LogP contribution is 2.48. The van der Waals surface area contributed by atoms with Crippen LogP contribution in [0.25, 0.3) is 0 Å². The second kappa shape index (κ2) is 2.45. The summed E-state index contributed by atoms with van der Waals surface area (Å²) in [6.45, 7) is 2.18. The Morgan fingerprint density at radius 1 is 1.70 bits per heavy atom. The fraction of sp³-hybridized carbons (Fsp3) is 0.625. The summed E-state index contributed by atoms with van der Waals surface area (Å²) in [7, 11) is 0. The average Bonchev–Trinajstić information content (AvgIpc) is 2.47. The van der Waals surface area contributed by atoms with Gasteiger partial charge in [-0.2, -0.15) is 0 Å². The van der Waals surface area contributed by atoms with Crippen LogP contribution in [0.4, 0.5) is 0 Å². The number of carboxylic acid groups (broad SMARTS) is 1. The van der Waals surface area contributed by atoms with Crippen molar-refractivity contribution in [2.75, 3.05) is 0 Å². The van der Waals surface area contributed by atoms with Crippen molar-refractivity contribution in [3.05, 3.63) is 12.2 Å². The van der Waals surface area contributed by atoms with Crippen molar-refractivity contribution in [1.29, 1.82) is 0 Å². The molecule has 56 valence electrons. The van der Waals surface area contributed by atoms with Crippen molar-refractivity contribution in [3.63, 3.8) is 0 Å². The molecule has 0 saturated heterocycles. The Labute approximate surface area is 60.6 Å². The van der Waals surface area contributed by atoms with Crippen molar-refractivity contribution in [2.45, 2.75) is 26.2 Å². The third-order valence-electron chi connectivity index (χ3n) is 1.97. The van der Waals surface area contributed by atoms with Crippen molar-refractivity contribution >= 4 is 5.97 Å². The quantitative estimate of drug-likeness (QED) is 0.607. The van der Waals surface area contributed by atoms with Gasteiger partial charge in [-0.15, -0.1) is 0 Å². The molecular weight excluding hydrogens is 128 g/mol. The molecule has 1 aliphatic rings. The number of allylic oxidation sites excluding steroid dienone is 1. The normalized spacial score (nSPS) is 21.3. The van der Waals surface area contributed by atoms with Gasteiger partial charge in [0.15, 0.2) is 0 Å². The molecule has 0 unspecified atom stereocenters. The van der Waals surface area contributed by atoms with E-state index in [-0.39, 0.29) is 0 Å². The molecule has 1 rings (SSSR count). The number of hydrogen-bond donors (Lipinski definition) is 1. The fourth-order valence-electron chi connectivity index (χ4n) is 0.862. The lowest BCUT2D eigenvalue weighted by molar-refractivity contribution is -0.131. The molecule has 0 heterocycles. The van der Waals surface area contributed by atoms with Crippen molar-refractivity contribution in [3.8, 4) is 0 Å². The van der Waals surface area contributed by atoms with E-state index >= 15 is 0 Å². The molecule has 1 aliphatic carbocycles. The summed E-state index contributed by atoms with van der Waals surface area (Å²) in [5.74, 6) is -0.843. The Balaban J connectivity index is 2.21. The first-order valence-corrected chi connectivity index (χ1v) is 3.52. The van der Waals surface area contributed by atoms with Gasteiger partial charge in [0, 0.05) is 6.08 Å². The molecule has 0 radical (unpaired) electrons. The van der Waals surface area contributed by atoms with Crippen LogP contribution >= 0.6 is 0 Å². The summed E-state index contributed by atoms with van der Waals surface area (Å²) in [4.78, 5) is 10.0. The number of aliphatic carboxylic acids is 1. The highest BCUT2D eigenvalue weighted by molar-refractivity contribution is 5.79. The third kappa shape index (κ3) is 2.21. The van der Waals surface area contributed by atoms with Gasteiger partial charge in [-0.1, -0.05) is 13.0 Å². The van der Waals surface area contributed by atoms with E-state index in [2.05, 4.69) is 6.92 Å². The molecule has 0 aromatic carbocycles. The molecule has 1 saturated carbocycles. The molecule has 0 aromatic rings. The van der Waals surface area contributed by atoms with Crippen LogP contribution in [0.15, 0.2) is 12.2 Å². The van der Waals surface area contributed by atoms with E-state index < -0.39 is 5.97 Å². The molecule has 2 heteroatoms. The van der Waals surface area contributed by atoms with Gasteiger partial charge in [-0.25, -0.2) is 4.79 Å². The minimum Gasteiger partial charge on any atom is -0.478 e. The van der Waals surface area contributed by atoms with Crippen LogP contribution in [-0.2, 0) is 4.79 Å². The summed E-state index contributed by atoms with van der Waals surface area (Å²) >= 11 is 0. The third-order valence-corrected chi connectivity index (χ3v) is 1.97. The number of hydrogen-bond acceptors (Lipinski definition) is 1. The van der Waals surface area contributed by atoms with E-state index in [1.54, 1.807) is 6.08 Å². The Bertz CT molecular complexity index is 166. The van der Waals surface area contributed by atoms with E-state index in [0.29, 0.717) is 5.41 Å². The van der Waals surface area contributed by atoms with Gasteiger partial charge in [0.2, 0.25) is 0 Å². The Kier molecular flexibility index (Phi) is 1.79. The van der Waals surface area contributed by atoms with Crippen molar-refractivity contribution in [1.82, 2.24) is 0 Å². The van der Waals surface area contributed by atoms with Gasteiger partial charge in [0.1, 0.15) is 0 Å². The monoisotopic (exact) mass is 140 g/mol. The first-order valence-electron chi connectivity index (χ1n) is 3.52. The summed E-state index contributed by atoms with van der Waals surface area (Å²) in [5.41, 5.74) is 0.436. The summed E-state index contributed by atoms with van der Waals surface area (Å²) in [6.07, 6.45) is 6.38. The van der Waals surface area contributed by atoms with Crippen LogP contribution in [0.1, 0.15) is 26.2 Å². The minimum atomic E-state index is -0.843. The molecule has 10 heavy (non-hydrogen) atoms. The summed E-state index contributed by atoms with van der Waals surface area (Å²) in [5, 5.41) is 8.24. The number of carbonyl (C=O) groups is 1. The highest BCUT2D eigenvalue weighted by atomic mass is 16.4. The molecule has 0 atom stereocenters. The van der Waals surface area contributed by atoms with Crippen LogP contribution in [0.5, 0.6) is 0 Å². The van der Waals surface area contributed by atoms with Gasteiger partial charge in [-0.3, -0.25) is 0 Å². The zero-order valence-electron chi connectivity index (χ0n) is 6.13. The minimum absolute atomic E-state index is 0.436. The Morgan fingerprint density at radius 2 is 2.30 bits per heavy atom. The molecule has 1 N–H and O–H groups in total. The Hall–Kier alpha value is -0.790. The van der Waals surface area contributed by atoms with Gasteiger partial charge in [0.25, 0.3) is 0 Å². The van der Waals surface area contributed by atoms with Crippen LogP contribution < -0.4 is 0 Å². The smallest absolute Gasteiger partial charge is 0.327 e. The van der Waals surface area contributed by atoms with Crippen molar-refractivity contribution in [2.24, 2.45) is 5.41 Å². The topological polar surface area (TPSA) is 37.3 Å². The van der Waals surface area contributed by atoms with E-state index in [0.717, 1.165) is 6.42 Å².